The average molecular weight is 186 g/mol. The molecule has 2 nitrogen and oxygen atoms in total. The van der Waals surface area contributed by atoms with Gasteiger partial charge in [0.1, 0.15) is 0 Å². The minimum atomic E-state index is 0.323. The number of hydrogen-bond acceptors (Lipinski definition) is 2. The number of nitrogens with zero attached hydrogens (tertiary/aromatic N) is 1. The number of hydrogen-bond donors (Lipinski definition) is 1. The molecule has 3 atom stereocenters. The van der Waals surface area contributed by atoms with Gasteiger partial charge in [-0.25, -0.2) is 0 Å². The van der Waals surface area contributed by atoms with Crippen LogP contribution in [0.25, 0.3) is 0 Å². The fraction of sp³-hybridized carbons (Fsp3) is 1.00. The summed E-state index contributed by atoms with van der Waals surface area (Å²) in [5.41, 5.74) is 6.08. The Kier molecular flexibility index (Phi) is 6.35. The molecule has 0 heterocycles. The van der Waals surface area contributed by atoms with Crippen molar-refractivity contribution in [1.82, 2.24) is 4.90 Å². The molecule has 2 heteroatoms. The van der Waals surface area contributed by atoms with Gasteiger partial charge in [0.05, 0.1) is 0 Å². The molecule has 0 aliphatic carbocycles. The van der Waals surface area contributed by atoms with Gasteiger partial charge in [-0.3, -0.25) is 0 Å². The van der Waals surface area contributed by atoms with Crippen LogP contribution in [0.15, 0.2) is 0 Å². The summed E-state index contributed by atoms with van der Waals surface area (Å²) in [5.74, 6) is 0.631. The van der Waals surface area contributed by atoms with E-state index in [-0.39, 0.29) is 0 Å². The van der Waals surface area contributed by atoms with Crippen LogP contribution in [0, 0.1) is 5.92 Å². The van der Waals surface area contributed by atoms with Crippen molar-refractivity contribution in [3.63, 3.8) is 0 Å². The van der Waals surface area contributed by atoms with Crippen molar-refractivity contribution >= 4 is 0 Å². The second kappa shape index (κ2) is 6.39. The van der Waals surface area contributed by atoms with E-state index in [1.54, 1.807) is 0 Å². The second-order valence-electron chi connectivity index (χ2n) is 4.25. The van der Waals surface area contributed by atoms with Crippen LogP contribution in [0.1, 0.15) is 40.5 Å². The number of nitrogens with two attached hydrogens (primary N) is 1. The fourth-order valence-electron chi connectivity index (χ4n) is 1.31. The van der Waals surface area contributed by atoms with Crippen molar-refractivity contribution in [2.24, 2.45) is 11.7 Å². The highest BCUT2D eigenvalue weighted by atomic mass is 15.1. The molecule has 0 aromatic carbocycles. The van der Waals surface area contributed by atoms with Crippen LogP contribution in [0.3, 0.4) is 0 Å². The van der Waals surface area contributed by atoms with Gasteiger partial charge in [-0.05, 0) is 26.3 Å². The molecule has 0 radical (unpaired) electrons. The molecule has 0 aromatic heterocycles. The molecule has 0 aliphatic rings. The normalized spacial score (nSPS) is 18.7. The lowest BCUT2D eigenvalue weighted by atomic mass is 9.99. The highest BCUT2D eigenvalue weighted by Crippen LogP contribution is 2.08. The summed E-state index contributed by atoms with van der Waals surface area (Å²) in [6, 6.07) is 0.971. The van der Waals surface area contributed by atoms with Gasteiger partial charge in [-0.15, -0.1) is 0 Å². The van der Waals surface area contributed by atoms with Gasteiger partial charge in [0.2, 0.25) is 0 Å². The van der Waals surface area contributed by atoms with E-state index in [0.717, 1.165) is 6.54 Å². The molecule has 0 saturated heterocycles. The molecule has 13 heavy (non-hydrogen) atoms. The summed E-state index contributed by atoms with van der Waals surface area (Å²) in [6.45, 7) is 9.92. The number of likely N-dealkylation sites (N-methyl/N-ethyl adjacent to an activating group) is 1. The first-order chi connectivity index (χ1) is 6.02. The first kappa shape index (κ1) is 12.9. The van der Waals surface area contributed by atoms with Crippen molar-refractivity contribution in [3.05, 3.63) is 0 Å². The molecular formula is C11H26N2. The van der Waals surface area contributed by atoms with Crippen LogP contribution in [-0.4, -0.2) is 30.6 Å². The fourth-order valence-corrected chi connectivity index (χ4v) is 1.31. The first-order valence-electron chi connectivity index (χ1n) is 5.48. The summed E-state index contributed by atoms with van der Waals surface area (Å²) in [4.78, 5) is 2.36. The molecule has 0 aliphatic heterocycles. The van der Waals surface area contributed by atoms with Crippen LogP contribution in [0.2, 0.25) is 0 Å². The quantitative estimate of drug-likeness (QED) is 0.688. The molecule has 2 N–H and O–H groups in total. The van der Waals surface area contributed by atoms with E-state index in [2.05, 4.69) is 39.6 Å². The standard InChI is InChI=1S/C11H26N2/c1-6-9(3)11(12)8-13(5)10(4)7-2/h9-11H,6-8,12H2,1-5H3. The molecular weight excluding hydrogens is 160 g/mol. The highest BCUT2D eigenvalue weighted by molar-refractivity contribution is 4.73. The highest BCUT2D eigenvalue weighted by Gasteiger charge is 2.15. The van der Waals surface area contributed by atoms with E-state index in [4.69, 9.17) is 5.73 Å². The van der Waals surface area contributed by atoms with Crippen LogP contribution < -0.4 is 5.73 Å². The lowest BCUT2D eigenvalue weighted by Gasteiger charge is -2.29. The van der Waals surface area contributed by atoms with Crippen molar-refractivity contribution in [1.29, 1.82) is 0 Å². The maximum atomic E-state index is 6.08. The molecule has 0 rings (SSSR count). The van der Waals surface area contributed by atoms with Gasteiger partial charge < -0.3 is 10.6 Å². The summed E-state index contributed by atoms with van der Waals surface area (Å²) in [7, 11) is 2.16. The zero-order chi connectivity index (χ0) is 10.4. The van der Waals surface area contributed by atoms with E-state index in [1.165, 1.54) is 12.8 Å². The Bertz CT molecular complexity index is 111. The monoisotopic (exact) mass is 186 g/mol. The third-order valence-electron chi connectivity index (χ3n) is 3.22. The number of rotatable bonds is 6. The zero-order valence-corrected chi connectivity index (χ0v) is 9.88. The van der Waals surface area contributed by atoms with E-state index in [9.17, 15) is 0 Å². The van der Waals surface area contributed by atoms with Crippen LogP contribution in [-0.2, 0) is 0 Å². The minimum Gasteiger partial charge on any atom is -0.326 e. The largest absolute Gasteiger partial charge is 0.326 e. The van der Waals surface area contributed by atoms with Crippen LogP contribution in [0.5, 0.6) is 0 Å². The molecule has 0 saturated carbocycles. The predicted molar refractivity (Wildman–Crippen MR) is 59.8 cm³/mol. The summed E-state index contributed by atoms with van der Waals surface area (Å²) in [6.07, 6.45) is 2.37. The van der Waals surface area contributed by atoms with E-state index in [1.807, 2.05) is 0 Å². The maximum absolute atomic E-state index is 6.08. The van der Waals surface area contributed by atoms with Crippen molar-refractivity contribution in [3.8, 4) is 0 Å². The Morgan fingerprint density at radius 2 is 1.69 bits per heavy atom. The Morgan fingerprint density at radius 1 is 1.15 bits per heavy atom. The first-order valence-corrected chi connectivity index (χ1v) is 5.48. The Labute approximate surface area is 83.5 Å². The SMILES string of the molecule is CCC(C)C(N)CN(C)C(C)CC. The Balaban J connectivity index is 3.83. The lowest BCUT2D eigenvalue weighted by Crippen LogP contribution is -2.42. The third-order valence-corrected chi connectivity index (χ3v) is 3.22. The van der Waals surface area contributed by atoms with Crippen LogP contribution in [0.4, 0.5) is 0 Å². The predicted octanol–water partition coefficient (Wildman–Crippen LogP) is 2.09. The van der Waals surface area contributed by atoms with Crippen molar-refractivity contribution in [2.45, 2.75) is 52.6 Å². The summed E-state index contributed by atoms with van der Waals surface area (Å²) >= 11 is 0. The molecule has 0 fully saturated rings. The van der Waals surface area contributed by atoms with Crippen molar-refractivity contribution in [2.75, 3.05) is 13.6 Å². The van der Waals surface area contributed by atoms with E-state index in [0.29, 0.717) is 18.0 Å². The molecule has 0 amide bonds. The molecule has 0 aromatic rings. The zero-order valence-electron chi connectivity index (χ0n) is 9.88. The lowest BCUT2D eigenvalue weighted by molar-refractivity contribution is 0.216. The smallest absolute Gasteiger partial charge is 0.0193 e. The van der Waals surface area contributed by atoms with Gasteiger partial charge in [0.25, 0.3) is 0 Å². The second-order valence-corrected chi connectivity index (χ2v) is 4.25. The van der Waals surface area contributed by atoms with E-state index >= 15 is 0 Å². The van der Waals surface area contributed by atoms with Crippen LogP contribution >= 0.6 is 0 Å². The molecule has 0 bridgehead atoms. The summed E-state index contributed by atoms with van der Waals surface area (Å²) < 4.78 is 0. The molecule has 3 unspecified atom stereocenters. The Morgan fingerprint density at radius 3 is 2.08 bits per heavy atom. The Hall–Kier alpha value is -0.0800. The topological polar surface area (TPSA) is 29.3 Å². The molecule has 80 valence electrons. The van der Waals surface area contributed by atoms with Gasteiger partial charge in [0, 0.05) is 18.6 Å². The van der Waals surface area contributed by atoms with Gasteiger partial charge in [0.15, 0.2) is 0 Å². The van der Waals surface area contributed by atoms with Gasteiger partial charge >= 0.3 is 0 Å². The van der Waals surface area contributed by atoms with E-state index < -0.39 is 0 Å². The third kappa shape index (κ3) is 4.63. The average Bonchev–Trinajstić information content (AvgIpc) is 2.14. The molecule has 0 spiro atoms. The summed E-state index contributed by atoms with van der Waals surface area (Å²) in [5, 5.41) is 0. The van der Waals surface area contributed by atoms with Gasteiger partial charge in [-0.2, -0.15) is 0 Å². The van der Waals surface area contributed by atoms with Gasteiger partial charge in [-0.1, -0.05) is 27.2 Å². The minimum absolute atomic E-state index is 0.323. The maximum Gasteiger partial charge on any atom is 0.0193 e. The van der Waals surface area contributed by atoms with Crippen molar-refractivity contribution < 1.29 is 0 Å².